The second-order valence-electron chi connectivity index (χ2n) is 5.49. The average Bonchev–Trinajstić information content (AvgIpc) is 2.44. The van der Waals surface area contributed by atoms with Crippen molar-refractivity contribution in [3.05, 3.63) is 59.7 Å². The van der Waals surface area contributed by atoms with E-state index in [9.17, 15) is 0 Å². The molecule has 0 radical (unpaired) electrons. The molecule has 0 bridgehead atoms. The molecule has 0 aliphatic rings. The zero-order chi connectivity index (χ0) is 13.4. The van der Waals surface area contributed by atoms with Gasteiger partial charge in [0.05, 0.1) is 0 Å². The fourth-order valence-corrected chi connectivity index (χ4v) is 3.26. The van der Waals surface area contributed by atoms with Crippen molar-refractivity contribution >= 4 is 21.5 Å². The van der Waals surface area contributed by atoms with Crippen LogP contribution in [0.25, 0.3) is 21.5 Å². The predicted octanol–water partition coefficient (Wildman–Crippen LogP) is 5.68. The summed E-state index contributed by atoms with van der Waals surface area (Å²) in [5.74, 6) is 0.542. The van der Waals surface area contributed by atoms with Crippen LogP contribution in [-0.4, -0.2) is 0 Å². The minimum absolute atomic E-state index is 0.542. The predicted molar refractivity (Wildman–Crippen MR) is 84.9 cm³/mol. The van der Waals surface area contributed by atoms with Crippen molar-refractivity contribution in [3.8, 4) is 0 Å². The van der Waals surface area contributed by atoms with Crippen molar-refractivity contribution in [2.75, 3.05) is 0 Å². The third-order valence-corrected chi connectivity index (χ3v) is 4.02. The molecule has 0 nitrogen and oxygen atoms in total. The summed E-state index contributed by atoms with van der Waals surface area (Å²) in [5, 5.41) is 5.70. The second-order valence-corrected chi connectivity index (χ2v) is 5.49. The first-order chi connectivity index (χ1) is 9.24. The SMILES string of the molecule is CCc1c2ccccc2c(C(C)C)c2ccccc12. The van der Waals surface area contributed by atoms with Gasteiger partial charge in [-0.3, -0.25) is 0 Å². The van der Waals surface area contributed by atoms with Gasteiger partial charge in [-0.1, -0.05) is 69.3 Å². The van der Waals surface area contributed by atoms with Crippen LogP contribution in [0.2, 0.25) is 0 Å². The van der Waals surface area contributed by atoms with E-state index in [-0.39, 0.29) is 0 Å². The van der Waals surface area contributed by atoms with Crippen LogP contribution in [0, 0.1) is 0 Å². The van der Waals surface area contributed by atoms with Crippen molar-refractivity contribution < 1.29 is 0 Å². The van der Waals surface area contributed by atoms with Crippen LogP contribution >= 0.6 is 0 Å². The molecule has 0 atom stereocenters. The third-order valence-electron chi connectivity index (χ3n) is 4.02. The smallest absolute Gasteiger partial charge is 0.0140 e. The number of aryl methyl sites for hydroxylation is 1. The quantitative estimate of drug-likeness (QED) is 0.512. The van der Waals surface area contributed by atoms with E-state index < -0.39 is 0 Å². The van der Waals surface area contributed by atoms with Crippen LogP contribution in [0.1, 0.15) is 37.8 Å². The van der Waals surface area contributed by atoms with Gasteiger partial charge in [-0.25, -0.2) is 0 Å². The van der Waals surface area contributed by atoms with Gasteiger partial charge in [0.2, 0.25) is 0 Å². The Kier molecular flexibility index (Phi) is 3.02. The van der Waals surface area contributed by atoms with Crippen molar-refractivity contribution in [2.45, 2.75) is 33.1 Å². The maximum absolute atomic E-state index is 2.29. The van der Waals surface area contributed by atoms with Gasteiger partial charge in [-0.15, -0.1) is 0 Å². The minimum Gasteiger partial charge on any atom is -0.0616 e. The summed E-state index contributed by atoms with van der Waals surface area (Å²) in [6.45, 7) is 6.84. The highest BCUT2D eigenvalue weighted by molar-refractivity contribution is 6.06. The summed E-state index contributed by atoms with van der Waals surface area (Å²) in [6, 6.07) is 17.7. The molecular weight excluding hydrogens is 228 g/mol. The van der Waals surface area contributed by atoms with Crippen LogP contribution in [0.5, 0.6) is 0 Å². The number of hydrogen-bond donors (Lipinski definition) is 0. The van der Waals surface area contributed by atoms with E-state index >= 15 is 0 Å². The molecule has 0 fully saturated rings. The molecule has 0 spiro atoms. The van der Waals surface area contributed by atoms with Crippen LogP contribution in [0.3, 0.4) is 0 Å². The summed E-state index contributed by atoms with van der Waals surface area (Å²) in [6.07, 6.45) is 1.08. The Hall–Kier alpha value is -1.82. The Morgan fingerprint density at radius 2 is 1.16 bits per heavy atom. The molecular formula is C19H20. The molecule has 0 amide bonds. The molecule has 3 aromatic rings. The van der Waals surface area contributed by atoms with Crippen molar-refractivity contribution in [1.29, 1.82) is 0 Å². The molecule has 0 N–H and O–H groups in total. The third kappa shape index (κ3) is 1.83. The Labute approximate surface area is 115 Å². The standard InChI is InChI=1S/C19H20/c1-4-14-15-9-5-7-11-17(15)19(13(2)3)18-12-8-6-10-16(14)18/h5-13H,4H2,1-3H3. The highest BCUT2D eigenvalue weighted by Crippen LogP contribution is 2.36. The highest BCUT2D eigenvalue weighted by atomic mass is 14.2. The molecule has 96 valence electrons. The van der Waals surface area contributed by atoms with Crippen molar-refractivity contribution in [1.82, 2.24) is 0 Å². The average molecular weight is 248 g/mol. The van der Waals surface area contributed by atoms with Gasteiger partial charge in [0, 0.05) is 0 Å². The number of benzene rings is 3. The molecule has 0 unspecified atom stereocenters. The molecule has 3 aromatic carbocycles. The first kappa shape index (κ1) is 12.2. The fourth-order valence-electron chi connectivity index (χ4n) is 3.26. The summed E-state index contributed by atoms with van der Waals surface area (Å²) in [4.78, 5) is 0. The van der Waals surface area contributed by atoms with Crippen molar-refractivity contribution in [3.63, 3.8) is 0 Å². The van der Waals surface area contributed by atoms with Crippen molar-refractivity contribution in [2.24, 2.45) is 0 Å². The number of hydrogen-bond acceptors (Lipinski definition) is 0. The van der Waals surface area contributed by atoms with E-state index in [1.165, 1.54) is 32.7 Å². The van der Waals surface area contributed by atoms with Gasteiger partial charge in [0.25, 0.3) is 0 Å². The Morgan fingerprint density at radius 1 is 0.737 bits per heavy atom. The second kappa shape index (κ2) is 4.70. The lowest BCUT2D eigenvalue weighted by molar-refractivity contribution is 0.885. The zero-order valence-electron chi connectivity index (χ0n) is 11.9. The maximum Gasteiger partial charge on any atom is -0.0140 e. The molecule has 0 aliphatic carbocycles. The summed E-state index contributed by atoms with van der Waals surface area (Å²) in [5.41, 5.74) is 2.97. The maximum atomic E-state index is 2.29. The topological polar surface area (TPSA) is 0 Å². The zero-order valence-corrected chi connectivity index (χ0v) is 11.9. The molecule has 0 heterocycles. The summed E-state index contributed by atoms with van der Waals surface area (Å²) < 4.78 is 0. The number of rotatable bonds is 2. The van der Waals surface area contributed by atoms with Gasteiger partial charge in [-0.05, 0) is 45.0 Å². The summed E-state index contributed by atoms with van der Waals surface area (Å²) >= 11 is 0. The van der Waals surface area contributed by atoms with Gasteiger partial charge >= 0.3 is 0 Å². The van der Waals surface area contributed by atoms with E-state index in [1.54, 1.807) is 0 Å². The van der Waals surface area contributed by atoms with Crippen LogP contribution in [-0.2, 0) is 6.42 Å². The fraction of sp³-hybridized carbons (Fsp3) is 0.263. The molecule has 0 saturated carbocycles. The van der Waals surface area contributed by atoms with Crippen LogP contribution in [0.4, 0.5) is 0 Å². The molecule has 0 heteroatoms. The normalized spacial score (nSPS) is 11.6. The lowest BCUT2D eigenvalue weighted by Gasteiger charge is -2.18. The highest BCUT2D eigenvalue weighted by Gasteiger charge is 2.14. The van der Waals surface area contributed by atoms with E-state index in [2.05, 4.69) is 69.3 Å². The van der Waals surface area contributed by atoms with E-state index in [0.29, 0.717) is 5.92 Å². The summed E-state index contributed by atoms with van der Waals surface area (Å²) in [7, 11) is 0. The van der Waals surface area contributed by atoms with E-state index in [0.717, 1.165) is 6.42 Å². The minimum atomic E-state index is 0.542. The van der Waals surface area contributed by atoms with Gasteiger partial charge in [-0.2, -0.15) is 0 Å². The Balaban J connectivity index is 2.61. The van der Waals surface area contributed by atoms with Gasteiger partial charge < -0.3 is 0 Å². The molecule has 0 saturated heterocycles. The molecule has 19 heavy (non-hydrogen) atoms. The lowest BCUT2D eigenvalue weighted by Crippen LogP contribution is -1.96. The molecule has 0 aromatic heterocycles. The van der Waals surface area contributed by atoms with Gasteiger partial charge in [0.1, 0.15) is 0 Å². The number of fused-ring (bicyclic) bond motifs is 2. The Bertz CT molecular complexity index is 678. The molecule has 0 aliphatic heterocycles. The molecule has 3 rings (SSSR count). The monoisotopic (exact) mass is 248 g/mol. The van der Waals surface area contributed by atoms with Gasteiger partial charge in [0.15, 0.2) is 0 Å². The van der Waals surface area contributed by atoms with Crippen LogP contribution < -0.4 is 0 Å². The lowest BCUT2D eigenvalue weighted by atomic mass is 9.86. The largest absolute Gasteiger partial charge is 0.0616 e. The first-order valence-corrected chi connectivity index (χ1v) is 7.16. The van der Waals surface area contributed by atoms with Crippen LogP contribution in [0.15, 0.2) is 48.5 Å². The van der Waals surface area contributed by atoms with E-state index in [1.807, 2.05) is 0 Å². The first-order valence-electron chi connectivity index (χ1n) is 7.16. The van der Waals surface area contributed by atoms with E-state index in [4.69, 9.17) is 0 Å². The Morgan fingerprint density at radius 3 is 1.53 bits per heavy atom.